The number of fused-ring (bicyclic) bond motifs is 1. The van der Waals surface area contributed by atoms with Gasteiger partial charge in [-0.25, -0.2) is 9.97 Å². The molecule has 0 bridgehead atoms. The van der Waals surface area contributed by atoms with Crippen LogP contribution >= 0.6 is 11.8 Å². The van der Waals surface area contributed by atoms with Crippen LogP contribution in [0.1, 0.15) is 5.56 Å². The molecule has 0 spiro atoms. The zero-order chi connectivity index (χ0) is 18.7. The Morgan fingerprint density at radius 3 is 2.62 bits per heavy atom. The third kappa shape index (κ3) is 4.45. The van der Waals surface area contributed by atoms with Gasteiger partial charge < -0.3 is 9.84 Å². The monoisotopic (exact) mass is 383 g/mol. The van der Waals surface area contributed by atoms with Gasteiger partial charge in [0, 0.05) is 6.20 Å². The largest absolute Gasteiger partial charge is 0.573 e. The Kier molecular flexibility index (Phi) is 5.03. The molecular weight excluding hydrogens is 371 g/mol. The number of carboxylic acids is 1. The lowest BCUT2D eigenvalue weighted by Crippen LogP contribution is -2.17. The molecule has 1 N–H and O–H groups in total. The summed E-state index contributed by atoms with van der Waals surface area (Å²) in [4.78, 5) is 19.5. The highest BCUT2D eigenvalue weighted by molar-refractivity contribution is 7.99. The van der Waals surface area contributed by atoms with E-state index in [2.05, 4.69) is 14.7 Å². The number of imidazole rings is 1. The summed E-state index contributed by atoms with van der Waals surface area (Å²) in [5.74, 6) is -1.45. The van der Waals surface area contributed by atoms with E-state index in [1.807, 2.05) is 0 Å². The molecule has 0 fully saturated rings. The predicted octanol–water partition coefficient (Wildman–Crippen LogP) is 3.55. The summed E-state index contributed by atoms with van der Waals surface area (Å²) in [6.07, 6.45) is -3.15. The molecule has 3 rings (SSSR count). The number of hydrogen-bond acceptors (Lipinski definition) is 5. The number of benzene rings is 1. The fourth-order valence-corrected chi connectivity index (χ4v) is 3.02. The van der Waals surface area contributed by atoms with Gasteiger partial charge >= 0.3 is 12.3 Å². The van der Waals surface area contributed by atoms with Gasteiger partial charge in [0.15, 0.2) is 10.8 Å². The molecule has 6 nitrogen and oxygen atoms in total. The maximum atomic E-state index is 12.2. The van der Waals surface area contributed by atoms with Crippen LogP contribution in [0.5, 0.6) is 5.75 Å². The standard InChI is InChI=1S/C16H12F3N3O3S/c17-16(18,19)25-11-5-3-10(4-6-11)8-22-14-12(2-1-7-20-14)21-15(22)26-9-13(23)24/h1-7H,8-9H2,(H,23,24). The van der Waals surface area contributed by atoms with Gasteiger partial charge in [0.25, 0.3) is 0 Å². The summed E-state index contributed by atoms with van der Waals surface area (Å²) in [6, 6.07) is 8.92. The Morgan fingerprint density at radius 2 is 1.96 bits per heavy atom. The van der Waals surface area contributed by atoms with E-state index < -0.39 is 12.3 Å². The molecule has 26 heavy (non-hydrogen) atoms. The van der Waals surface area contributed by atoms with E-state index >= 15 is 0 Å². The van der Waals surface area contributed by atoms with Crippen LogP contribution in [0.15, 0.2) is 47.8 Å². The van der Waals surface area contributed by atoms with E-state index in [0.717, 1.165) is 11.8 Å². The van der Waals surface area contributed by atoms with Crippen molar-refractivity contribution in [2.75, 3.05) is 5.75 Å². The number of nitrogens with zero attached hydrogens (tertiary/aromatic N) is 3. The topological polar surface area (TPSA) is 77.2 Å². The summed E-state index contributed by atoms with van der Waals surface area (Å²) < 4.78 is 42.3. The van der Waals surface area contributed by atoms with Crippen molar-refractivity contribution in [2.45, 2.75) is 18.1 Å². The second-order valence-corrected chi connectivity index (χ2v) is 6.14. The normalized spacial score (nSPS) is 11.7. The van der Waals surface area contributed by atoms with Crippen LogP contribution in [0, 0.1) is 0 Å². The number of halogens is 3. The van der Waals surface area contributed by atoms with Crippen molar-refractivity contribution in [3.63, 3.8) is 0 Å². The van der Waals surface area contributed by atoms with E-state index in [-0.39, 0.29) is 18.0 Å². The number of rotatable bonds is 6. The van der Waals surface area contributed by atoms with Crippen molar-refractivity contribution in [3.8, 4) is 5.75 Å². The quantitative estimate of drug-likeness (QED) is 0.656. The number of pyridine rings is 1. The van der Waals surface area contributed by atoms with Gasteiger partial charge in [0.1, 0.15) is 11.3 Å². The molecule has 1 aromatic carbocycles. The summed E-state index contributed by atoms with van der Waals surface area (Å²) in [5.41, 5.74) is 1.87. The number of thioether (sulfide) groups is 1. The number of aromatic nitrogens is 3. The second-order valence-electron chi connectivity index (χ2n) is 5.20. The van der Waals surface area contributed by atoms with E-state index in [9.17, 15) is 18.0 Å². The molecule has 136 valence electrons. The number of aliphatic carboxylic acids is 1. The smallest absolute Gasteiger partial charge is 0.481 e. The molecule has 0 radical (unpaired) electrons. The Bertz CT molecular complexity index is 926. The third-order valence-electron chi connectivity index (χ3n) is 3.29. The lowest BCUT2D eigenvalue weighted by Gasteiger charge is -2.11. The van der Waals surface area contributed by atoms with Crippen molar-refractivity contribution >= 4 is 28.9 Å². The number of carboxylic acid groups (broad SMARTS) is 1. The summed E-state index contributed by atoms with van der Waals surface area (Å²) in [7, 11) is 0. The van der Waals surface area contributed by atoms with Crippen LogP contribution < -0.4 is 4.74 Å². The molecule has 2 aromatic heterocycles. The maximum absolute atomic E-state index is 12.2. The molecule has 3 aromatic rings. The number of ether oxygens (including phenoxy) is 1. The van der Waals surface area contributed by atoms with Crippen LogP contribution in [-0.2, 0) is 11.3 Å². The number of carbonyl (C=O) groups is 1. The first kappa shape index (κ1) is 18.1. The fourth-order valence-electron chi connectivity index (χ4n) is 2.30. The first-order valence-corrected chi connectivity index (χ1v) is 8.31. The average molecular weight is 383 g/mol. The molecule has 0 aliphatic rings. The average Bonchev–Trinajstić information content (AvgIpc) is 2.91. The minimum absolute atomic E-state index is 0.165. The van der Waals surface area contributed by atoms with E-state index in [1.165, 1.54) is 24.3 Å². The summed E-state index contributed by atoms with van der Waals surface area (Å²) in [6.45, 7) is 0.280. The third-order valence-corrected chi connectivity index (χ3v) is 4.25. The molecule has 2 heterocycles. The molecule has 0 saturated heterocycles. The molecule has 10 heteroatoms. The lowest BCUT2D eigenvalue weighted by molar-refractivity contribution is -0.274. The van der Waals surface area contributed by atoms with E-state index in [4.69, 9.17) is 5.11 Å². The minimum Gasteiger partial charge on any atom is -0.481 e. The number of alkyl halides is 3. The first-order chi connectivity index (χ1) is 12.3. The van der Waals surface area contributed by atoms with Crippen molar-refractivity contribution in [2.24, 2.45) is 0 Å². The summed E-state index contributed by atoms with van der Waals surface area (Å²) in [5, 5.41) is 9.34. The molecule has 0 amide bonds. The van der Waals surface area contributed by atoms with Crippen LogP contribution in [0.3, 0.4) is 0 Å². The van der Waals surface area contributed by atoms with Crippen LogP contribution in [0.2, 0.25) is 0 Å². The van der Waals surface area contributed by atoms with Crippen molar-refractivity contribution in [3.05, 3.63) is 48.2 Å². The van der Waals surface area contributed by atoms with Gasteiger partial charge in [0.05, 0.1) is 12.3 Å². The van der Waals surface area contributed by atoms with Crippen LogP contribution in [0.25, 0.3) is 11.2 Å². The van der Waals surface area contributed by atoms with Crippen molar-refractivity contribution in [1.82, 2.24) is 14.5 Å². The highest BCUT2D eigenvalue weighted by Gasteiger charge is 2.30. The van der Waals surface area contributed by atoms with Gasteiger partial charge in [-0.05, 0) is 29.8 Å². The maximum Gasteiger partial charge on any atom is 0.573 e. The van der Waals surface area contributed by atoms with Gasteiger partial charge in [0.2, 0.25) is 0 Å². The lowest BCUT2D eigenvalue weighted by atomic mass is 10.2. The molecule has 0 saturated carbocycles. The van der Waals surface area contributed by atoms with Gasteiger partial charge in [-0.15, -0.1) is 13.2 Å². The molecule has 0 aliphatic heterocycles. The molecular formula is C16H12F3N3O3S. The van der Waals surface area contributed by atoms with Gasteiger partial charge in [-0.3, -0.25) is 9.36 Å². The van der Waals surface area contributed by atoms with Gasteiger partial charge in [-0.2, -0.15) is 0 Å². The van der Waals surface area contributed by atoms with Crippen molar-refractivity contribution < 1.29 is 27.8 Å². The van der Waals surface area contributed by atoms with Crippen LogP contribution in [-0.4, -0.2) is 37.7 Å². The highest BCUT2D eigenvalue weighted by atomic mass is 32.2. The first-order valence-electron chi connectivity index (χ1n) is 7.32. The van der Waals surface area contributed by atoms with Crippen molar-refractivity contribution in [1.29, 1.82) is 0 Å². The van der Waals surface area contributed by atoms with E-state index in [1.54, 1.807) is 22.9 Å². The Hall–Kier alpha value is -2.75. The Balaban J connectivity index is 1.87. The van der Waals surface area contributed by atoms with E-state index in [0.29, 0.717) is 21.9 Å². The van der Waals surface area contributed by atoms with Gasteiger partial charge in [-0.1, -0.05) is 23.9 Å². The molecule has 0 aliphatic carbocycles. The predicted molar refractivity (Wildman–Crippen MR) is 88.1 cm³/mol. The van der Waals surface area contributed by atoms with Crippen LogP contribution in [0.4, 0.5) is 13.2 Å². The Labute approximate surface area is 149 Å². The second kappa shape index (κ2) is 7.24. The zero-order valence-electron chi connectivity index (χ0n) is 13.1. The minimum atomic E-state index is -4.74. The highest BCUT2D eigenvalue weighted by Crippen LogP contribution is 2.26. The zero-order valence-corrected chi connectivity index (χ0v) is 13.9. The SMILES string of the molecule is O=C(O)CSc1nc2cccnc2n1Cc1ccc(OC(F)(F)F)cc1. The summed E-state index contributed by atoms with van der Waals surface area (Å²) >= 11 is 1.05. The Morgan fingerprint density at radius 1 is 1.23 bits per heavy atom. The fraction of sp³-hybridized carbons (Fsp3) is 0.188. The number of hydrogen-bond donors (Lipinski definition) is 1. The molecule has 0 unspecified atom stereocenters. The molecule has 0 atom stereocenters.